The van der Waals surface area contributed by atoms with Crippen LogP contribution in [0.15, 0.2) is 48.5 Å². The minimum atomic E-state index is -0.642. The fourth-order valence-electron chi connectivity index (χ4n) is 3.52. The number of carbonyl (C=O) groups is 1. The van der Waals surface area contributed by atoms with Crippen molar-refractivity contribution in [3.05, 3.63) is 59.7 Å². The zero-order valence-electron chi connectivity index (χ0n) is 15.5. The number of morpholine rings is 1. The SMILES string of the molecule is O=C(NCc1ccc2c(c1)OCO2)N1CCOC[C@@H]1C[C@@H](O)c1ccccc1. The average Bonchev–Trinajstić information content (AvgIpc) is 3.21. The third-order valence-electron chi connectivity index (χ3n) is 5.05. The fraction of sp³-hybridized carbons (Fsp3) is 0.381. The number of benzene rings is 2. The molecule has 2 aromatic carbocycles. The number of ether oxygens (including phenoxy) is 3. The topological polar surface area (TPSA) is 80.3 Å². The Morgan fingerprint density at radius 3 is 2.86 bits per heavy atom. The van der Waals surface area contributed by atoms with Crippen molar-refractivity contribution in [2.75, 3.05) is 26.6 Å². The third kappa shape index (κ3) is 4.21. The molecule has 0 aromatic heterocycles. The van der Waals surface area contributed by atoms with Crippen LogP contribution in [0.1, 0.15) is 23.7 Å². The van der Waals surface area contributed by atoms with E-state index in [9.17, 15) is 9.90 Å². The minimum absolute atomic E-state index is 0.161. The third-order valence-corrected chi connectivity index (χ3v) is 5.05. The van der Waals surface area contributed by atoms with Gasteiger partial charge >= 0.3 is 6.03 Å². The molecule has 2 amide bonds. The van der Waals surface area contributed by atoms with Gasteiger partial charge in [-0.25, -0.2) is 4.79 Å². The number of aliphatic hydroxyl groups is 1. The maximum atomic E-state index is 12.8. The number of carbonyl (C=O) groups excluding carboxylic acids is 1. The van der Waals surface area contributed by atoms with Crippen molar-refractivity contribution < 1.29 is 24.1 Å². The highest BCUT2D eigenvalue weighted by atomic mass is 16.7. The van der Waals surface area contributed by atoms with E-state index in [1.54, 1.807) is 4.90 Å². The second-order valence-electron chi connectivity index (χ2n) is 6.93. The monoisotopic (exact) mass is 384 g/mol. The second-order valence-corrected chi connectivity index (χ2v) is 6.93. The maximum absolute atomic E-state index is 12.8. The Hall–Kier alpha value is -2.77. The van der Waals surface area contributed by atoms with E-state index in [2.05, 4.69) is 5.32 Å². The van der Waals surface area contributed by atoms with E-state index in [-0.39, 0.29) is 18.9 Å². The van der Waals surface area contributed by atoms with Crippen molar-refractivity contribution >= 4 is 6.03 Å². The summed E-state index contributed by atoms with van der Waals surface area (Å²) in [7, 11) is 0. The summed E-state index contributed by atoms with van der Waals surface area (Å²) >= 11 is 0. The largest absolute Gasteiger partial charge is 0.454 e. The molecule has 148 valence electrons. The van der Waals surface area contributed by atoms with Gasteiger partial charge in [-0.1, -0.05) is 36.4 Å². The lowest BCUT2D eigenvalue weighted by atomic mass is 10.0. The van der Waals surface area contributed by atoms with Gasteiger partial charge in [0.1, 0.15) is 0 Å². The molecule has 0 saturated carbocycles. The predicted molar refractivity (Wildman–Crippen MR) is 102 cm³/mol. The van der Waals surface area contributed by atoms with E-state index < -0.39 is 6.10 Å². The summed E-state index contributed by atoms with van der Waals surface area (Å²) in [5, 5.41) is 13.5. The lowest BCUT2D eigenvalue weighted by molar-refractivity contribution is -0.00698. The fourth-order valence-corrected chi connectivity index (χ4v) is 3.52. The van der Waals surface area contributed by atoms with Gasteiger partial charge in [0.05, 0.1) is 25.4 Å². The van der Waals surface area contributed by atoms with Gasteiger partial charge in [-0.05, 0) is 23.3 Å². The first kappa shape index (κ1) is 18.6. The van der Waals surface area contributed by atoms with Gasteiger partial charge in [-0.3, -0.25) is 0 Å². The first-order chi connectivity index (χ1) is 13.7. The van der Waals surface area contributed by atoms with Crippen molar-refractivity contribution in [2.45, 2.75) is 25.1 Å². The van der Waals surface area contributed by atoms with E-state index in [1.807, 2.05) is 48.5 Å². The Bertz CT molecular complexity index is 814. The number of amides is 2. The Balaban J connectivity index is 1.36. The number of nitrogens with one attached hydrogen (secondary N) is 1. The molecule has 2 aliphatic rings. The van der Waals surface area contributed by atoms with Crippen molar-refractivity contribution in [1.82, 2.24) is 10.2 Å². The smallest absolute Gasteiger partial charge is 0.318 e. The van der Waals surface area contributed by atoms with Crippen LogP contribution in [0.4, 0.5) is 4.79 Å². The van der Waals surface area contributed by atoms with Crippen molar-refractivity contribution in [3.63, 3.8) is 0 Å². The van der Waals surface area contributed by atoms with Crippen LogP contribution < -0.4 is 14.8 Å². The molecular weight excluding hydrogens is 360 g/mol. The molecule has 1 saturated heterocycles. The van der Waals surface area contributed by atoms with Crippen LogP contribution in [-0.4, -0.2) is 48.6 Å². The molecule has 0 unspecified atom stereocenters. The normalized spacial score (nSPS) is 19.3. The van der Waals surface area contributed by atoms with Gasteiger partial charge < -0.3 is 29.5 Å². The zero-order valence-corrected chi connectivity index (χ0v) is 15.5. The van der Waals surface area contributed by atoms with Gasteiger partial charge in [0, 0.05) is 19.5 Å². The van der Waals surface area contributed by atoms with Crippen molar-refractivity contribution in [1.29, 1.82) is 0 Å². The van der Waals surface area contributed by atoms with Crippen LogP contribution in [0.3, 0.4) is 0 Å². The summed E-state index contributed by atoms with van der Waals surface area (Å²) in [6, 6.07) is 14.8. The van der Waals surface area contributed by atoms with Crippen LogP contribution in [0, 0.1) is 0 Å². The molecule has 1 fully saturated rings. The number of urea groups is 1. The van der Waals surface area contributed by atoms with E-state index in [0.717, 1.165) is 16.9 Å². The number of hydrogen-bond donors (Lipinski definition) is 2. The van der Waals surface area contributed by atoms with Gasteiger partial charge in [-0.15, -0.1) is 0 Å². The predicted octanol–water partition coefficient (Wildman–Crippen LogP) is 2.45. The number of hydrogen-bond acceptors (Lipinski definition) is 5. The number of aliphatic hydroxyl groups excluding tert-OH is 1. The van der Waals surface area contributed by atoms with E-state index >= 15 is 0 Å². The summed E-state index contributed by atoms with van der Waals surface area (Å²) in [5.41, 5.74) is 1.78. The summed E-state index contributed by atoms with van der Waals surface area (Å²) < 4.78 is 16.2. The summed E-state index contributed by atoms with van der Waals surface area (Å²) in [6.07, 6.45) is -0.210. The minimum Gasteiger partial charge on any atom is -0.454 e. The summed E-state index contributed by atoms with van der Waals surface area (Å²) in [4.78, 5) is 14.5. The molecule has 7 heteroatoms. The van der Waals surface area contributed by atoms with Gasteiger partial charge in [0.25, 0.3) is 0 Å². The van der Waals surface area contributed by atoms with Gasteiger partial charge in [0.2, 0.25) is 6.79 Å². The molecule has 28 heavy (non-hydrogen) atoms. The Labute approximate surface area is 163 Å². The molecule has 2 heterocycles. The molecular formula is C21H24N2O5. The van der Waals surface area contributed by atoms with Crippen molar-refractivity contribution in [3.8, 4) is 11.5 Å². The molecule has 0 radical (unpaired) electrons. The Kier molecular flexibility index (Phi) is 5.64. The summed E-state index contributed by atoms with van der Waals surface area (Å²) in [5.74, 6) is 1.42. The molecule has 2 aromatic rings. The highest BCUT2D eigenvalue weighted by Gasteiger charge is 2.29. The molecule has 0 aliphatic carbocycles. The van der Waals surface area contributed by atoms with Crippen LogP contribution in [-0.2, 0) is 11.3 Å². The van der Waals surface area contributed by atoms with Crippen LogP contribution in [0.2, 0.25) is 0 Å². The number of fused-ring (bicyclic) bond motifs is 1. The first-order valence-corrected chi connectivity index (χ1v) is 9.44. The number of rotatable bonds is 5. The van der Waals surface area contributed by atoms with Crippen LogP contribution in [0.5, 0.6) is 11.5 Å². The number of nitrogens with zero attached hydrogens (tertiary/aromatic N) is 1. The second kappa shape index (κ2) is 8.50. The standard InChI is InChI=1S/C21H24N2O5/c24-18(16-4-2-1-3-5-16)11-17-13-26-9-8-23(17)21(25)22-12-15-6-7-19-20(10-15)28-14-27-19/h1-7,10,17-18,24H,8-9,11-14H2,(H,22,25)/t17-,18+/m0/s1. The average molecular weight is 384 g/mol. The Morgan fingerprint density at radius 1 is 1.18 bits per heavy atom. The Morgan fingerprint density at radius 2 is 2.00 bits per heavy atom. The highest BCUT2D eigenvalue weighted by Crippen LogP contribution is 2.32. The van der Waals surface area contributed by atoms with Gasteiger partial charge in [0.15, 0.2) is 11.5 Å². The van der Waals surface area contributed by atoms with E-state index in [0.29, 0.717) is 38.5 Å². The van der Waals surface area contributed by atoms with Crippen LogP contribution in [0.25, 0.3) is 0 Å². The van der Waals surface area contributed by atoms with E-state index in [4.69, 9.17) is 14.2 Å². The molecule has 2 N–H and O–H groups in total. The lowest BCUT2D eigenvalue weighted by Crippen LogP contribution is -2.52. The molecule has 2 aliphatic heterocycles. The molecule has 0 spiro atoms. The quantitative estimate of drug-likeness (QED) is 0.828. The van der Waals surface area contributed by atoms with Crippen LogP contribution >= 0.6 is 0 Å². The lowest BCUT2D eigenvalue weighted by Gasteiger charge is -2.36. The van der Waals surface area contributed by atoms with Gasteiger partial charge in [-0.2, -0.15) is 0 Å². The molecule has 7 nitrogen and oxygen atoms in total. The highest BCUT2D eigenvalue weighted by molar-refractivity contribution is 5.74. The molecule has 2 atom stereocenters. The summed E-state index contributed by atoms with van der Waals surface area (Å²) in [6.45, 7) is 2.03. The first-order valence-electron chi connectivity index (χ1n) is 9.44. The van der Waals surface area contributed by atoms with Crippen molar-refractivity contribution in [2.24, 2.45) is 0 Å². The molecule has 4 rings (SSSR count). The zero-order chi connectivity index (χ0) is 19.3. The maximum Gasteiger partial charge on any atom is 0.318 e. The molecule has 0 bridgehead atoms. The van der Waals surface area contributed by atoms with E-state index in [1.165, 1.54) is 0 Å².